The van der Waals surface area contributed by atoms with Crippen molar-refractivity contribution in [2.24, 2.45) is 0 Å². The van der Waals surface area contributed by atoms with Crippen LogP contribution >= 0.6 is 11.8 Å². The molecule has 0 saturated heterocycles. The lowest BCUT2D eigenvalue weighted by molar-refractivity contribution is 0.102. The van der Waals surface area contributed by atoms with Crippen LogP contribution in [0.15, 0.2) is 112 Å². The van der Waals surface area contributed by atoms with E-state index in [2.05, 4.69) is 10.0 Å². The predicted octanol–water partition coefficient (Wildman–Crippen LogP) is 6.43. The zero-order valence-corrected chi connectivity index (χ0v) is 20.9. The summed E-state index contributed by atoms with van der Waals surface area (Å²) in [6.45, 7) is 2.05. The van der Waals surface area contributed by atoms with Crippen molar-refractivity contribution in [3.05, 3.63) is 108 Å². The summed E-state index contributed by atoms with van der Waals surface area (Å²) in [6.07, 6.45) is 0. The average molecular weight is 523 g/mol. The summed E-state index contributed by atoms with van der Waals surface area (Å²) in [5.74, 6) is -1.15. The summed E-state index contributed by atoms with van der Waals surface area (Å²) in [6, 6.07) is 26.3. The molecule has 4 rings (SSSR count). The molecule has 0 aliphatic rings. The van der Waals surface area contributed by atoms with Crippen LogP contribution in [0.3, 0.4) is 0 Å². The van der Waals surface area contributed by atoms with Crippen LogP contribution in [-0.2, 0) is 10.0 Å². The number of hydrogen-bond donors (Lipinski definition) is 2. The largest absolute Gasteiger partial charge is 0.492 e. The fraction of sp³-hybridized carbons (Fsp3) is 0.0741. The van der Waals surface area contributed by atoms with Gasteiger partial charge in [-0.1, -0.05) is 54.2 Å². The number of ether oxygens (including phenoxy) is 1. The number of para-hydroxylation sites is 1. The molecule has 0 aromatic heterocycles. The summed E-state index contributed by atoms with van der Waals surface area (Å²) < 4.78 is 48.9. The van der Waals surface area contributed by atoms with E-state index >= 15 is 0 Å². The van der Waals surface area contributed by atoms with Crippen LogP contribution in [-0.4, -0.2) is 20.9 Å². The lowest BCUT2D eigenvalue weighted by Gasteiger charge is -2.16. The number of rotatable bonds is 9. The average Bonchev–Trinajstić information content (AvgIpc) is 2.87. The molecule has 0 fully saturated rings. The molecule has 0 bridgehead atoms. The van der Waals surface area contributed by atoms with Gasteiger partial charge < -0.3 is 10.1 Å². The van der Waals surface area contributed by atoms with Gasteiger partial charge in [0, 0.05) is 9.79 Å². The van der Waals surface area contributed by atoms with Crippen molar-refractivity contribution >= 4 is 39.1 Å². The number of anilines is 2. The van der Waals surface area contributed by atoms with Crippen LogP contribution in [0.5, 0.6) is 5.75 Å². The van der Waals surface area contributed by atoms with Gasteiger partial charge >= 0.3 is 0 Å². The summed E-state index contributed by atoms with van der Waals surface area (Å²) >= 11 is 1.43. The Morgan fingerprint density at radius 3 is 2.33 bits per heavy atom. The van der Waals surface area contributed by atoms with Crippen LogP contribution in [0.4, 0.5) is 15.8 Å². The van der Waals surface area contributed by atoms with Gasteiger partial charge in [0.2, 0.25) is 0 Å². The Kier molecular flexibility index (Phi) is 7.92. The first-order valence-electron chi connectivity index (χ1n) is 11.0. The van der Waals surface area contributed by atoms with Crippen LogP contribution in [0.25, 0.3) is 0 Å². The third kappa shape index (κ3) is 6.05. The third-order valence-electron chi connectivity index (χ3n) is 5.03. The van der Waals surface area contributed by atoms with E-state index in [1.165, 1.54) is 54.2 Å². The molecule has 0 saturated carbocycles. The van der Waals surface area contributed by atoms with E-state index in [1.807, 2.05) is 42.5 Å². The van der Waals surface area contributed by atoms with E-state index in [9.17, 15) is 17.6 Å². The fourth-order valence-electron chi connectivity index (χ4n) is 3.35. The number of sulfonamides is 1. The summed E-state index contributed by atoms with van der Waals surface area (Å²) in [7, 11) is -4.04. The molecule has 9 heteroatoms. The molecule has 184 valence electrons. The first kappa shape index (κ1) is 25.3. The fourth-order valence-corrected chi connectivity index (χ4v) is 5.44. The van der Waals surface area contributed by atoms with E-state index in [-0.39, 0.29) is 28.5 Å². The maximum absolute atomic E-state index is 14.1. The molecule has 0 atom stereocenters. The Labute approximate surface area is 213 Å². The maximum Gasteiger partial charge on any atom is 0.262 e. The SMILES string of the molecule is CCOc1ccc(S(=O)(=O)Nc2ccccc2Sc2ccccc2)cc1NC(=O)c1ccccc1F. The highest BCUT2D eigenvalue weighted by atomic mass is 32.2. The van der Waals surface area contributed by atoms with Crippen molar-refractivity contribution in [3.8, 4) is 5.75 Å². The van der Waals surface area contributed by atoms with Gasteiger partial charge in [-0.05, 0) is 61.5 Å². The molecular weight excluding hydrogens is 499 g/mol. The molecule has 0 aliphatic carbocycles. The Morgan fingerprint density at radius 2 is 1.58 bits per heavy atom. The minimum atomic E-state index is -4.04. The van der Waals surface area contributed by atoms with Crippen molar-refractivity contribution in [1.29, 1.82) is 0 Å². The van der Waals surface area contributed by atoms with Gasteiger partial charge in [0.1, 0.15) is 11.6 Å². The van der Waals surface area contributed by atoms with Crippen molar-refractivity contribution in [2.45, 2.75) is 21.6 Å². The van der Waals surface area contributed by atoms with Gasteiger partial charge in [-0.25, -0.2) is 12.8 Å². The molecule has 4 aromatic carbocycles. The molecular formula is C27H23FN2O4S2. The number of amides is 1. The number of hydrogen-bond acceptors (Lipinski definition) is 5. The molecule has 0 unspecified atom stereocenters. The highest BCUT2D eigenvalue weighted by Gasteiger charge is 2.20. The second-order valence-corrected chi connectivity index (χ2v) is 10.3. The van der Waals surface area contributed by atoms with Gasteiger partial charge in [0.05, 0.1) is 28.4 Å². The second kappa shape index (κ2) is 11.3. The molecule has 0 heterocycles. The van der Waals surface area contributed by atoms with Gasteiger partial charge in [-0.2, -0.15) is 0 Å². The summed E-state index contributed by atoms with van der Waals surface area (Å²) in [5.41, 5.74) is 0.357. The number of benzene rings is 4. The summed E-state index contributed by atoms with van der Waals surface area (Å²) in [4.78, 5) is 14.3. The summed E-state index contributed by atoms with van der Waals surface area (Å²) in [5, 5.41) is 2.57. The normalized spacial score (nSPS) is 11.1. The quantitative estimate of drug-likeness (QED) is 0.265. The van der Waals surface area contributed by atoms with Crippen molar-refractivity contribution < 1.29 is 22.3 Å². The van der Waals surface area contributed by atoms with Crippen LogP contribution in [0.2, 0.25) is 0 Å². The smallest absolute Gasteiger partial charge is 0.262 e. The lowest BCUT2D eigenvalue weighted by atomic mass is 10.2. The second-order valence-electron chi connectivity index (χ2n) is 7.54. The van der Waals surface area contributed by atoms with Gasteiger partial charge in [-0.15, -0.1) is 0 Å². The highest BCUT2D eigenvalue weighted by molar-refractivity contribution is 7.99. The predicted molar refractivity (Wildman–Crippen MR) is 140 cm³/mol. The van der Waals surface area contributed by atoms with Crippen molar-refractivity contribution in [1.82, 2.24) is 0 Å². The minimum absolute atomic E-state index is 0.0886. The van der Waals surface area contributed by atoms with E-state index in [4.69, 9.17) is 4.74 Å². The van der Waals surface area contributed by atoms with Crippen LogP contribution in [0.1, 0.15) is 17.3 Å². The lowest BCUT2D eigenvalue weighted by Crippen LogP contribution is -2.17. The topological polar surface area (TPSA) is 84.5 Å². The molecule has 0 aliphatic heterocycles. The minimum Gasteiger partial charge on any atom is -0.492 e. The molecule has 4 aromatic rings. The van der Waals surface area contributed by atoms with E-state index in [0.717, 1.165) is 9.79 Å². The molecule has 2 N–H and O–H groups in total. The van der Waals surface area contributed by atoms with E-state index < -0.39 is 21.7 Å². The Morgan fingerprint density at radius 1 is 0.889 bits per heavy atom. The number of carbonyl (C=O) groups excluding carboxylic acids is 1. The van der Waals surface area contributed by atoms with E-state index in [0.29, 0.717) is 5.69 Å². The van der Waals surface area contributed by atoms with Crippen LogP contribution in [0, 0.1) is 5.82 Å². The Bertz CT molecular complexity index is 1480. The monoisotopic (exact) mass is 522 g/mol. The standard InChI is InChI=1S/C27H23FN2O4S2/c1-2-34-25-17-16-20(18-24(25)29-27(31)21-12-6-7-13-22(21)28)36(32,33)30-23-14-8-9-15-26(23)35-19-10-4-3-5-11-19/h3-18,30H,2H2,1H3,(H,29,31). The molecule has 0 radical (unpaired) electrons. The van der Waals surface area contributed by atoms with Crippen molar-refractivity contribution in [3.63, 3.8) is 0 Å². The molecule has 1 amide bonds. The first-order valence-corrected chi connectivity index (χ1v) is 13.3. The third-order valence-corrected chi connectivity index (χ3v) is 7.48. The van der Waals surface area contributed by atoms with Gasteiger partial charge in [-0.3, -0.25) is 9.52 Å². The zero-order valence-electron chi connectivity index (χ0n) is 19.3. The zero-order chi connectivity index (χ0) is 25.5. The number of nitrogens with one attached hydrogen (secondary N) is 2. The van der Waals surface area contributed by atoms with Crippen molar-refractivity contribution in [2.75, 3.05) is 16.6 Å². The highest BCUT2D eigenvalue weighted by Crippen LogP contribution is 2.35. The molecule has 6 nitrogen and oxygen atoms in total. The first-order chi connectivity index (χ1) is 17.4. The van der Waals surface area contributed by atoms with Crippen LogP contribution < -0.4 is 14.8 Å². The Hall–Kier alpha value is -3.82. The number of halogens is 1. The van der Waals surface area contributed by atoms with Gasteiger partial charge in [0.15, 0.2) is 0 Å². The maximum atomic E-state index is 14.1. The molecule has 0 spiro atoms. The van der Waals surface area contributed by atoms with E-state index in [1.54, 1.807) is 19.1 Å². The number of carbonyl (C=O) groups is 1. The molecule has 36 heavy (non-hydrogen) atoms. The van der Waals surface area contributed by atoms with Gasteiger partial charge in [0.25, 0.3) is 15.9 Å². The Balaban J connectivity index is 1.63.